The van der Waals surface area contributed by atoms with Crippen LogP contribution in [0.4, 0.5) is 8.78 Å². The van der Waals surface area contributed by atoms with Gasteiger partial charge in [-0.2, -0.15) is 5.10 Å². The van der Waals surface area contributed by atoms with E-state index in [1.807, 2.05) is 29.6 Å². The molecule has 0 amide bonds. The topological polar surface area (TPSA) is 68.1 Å². The molecule has 6 nitrogen and oxygen atoms in total. The number of pyridine rings is 1. The molecule has 3 aliphatic carbocycles. The van der Waals surface area contributed by atoms with Crippen molar-refractivity contribution < 1.29 is 17.8 Å². The van der Waals surface area contributed by atoms with Crippen molar-refractivity contribution in [3.8, 4) is 5.69 Å². The van der Waals surface area contributed by atoms with Gasteiger partial charge in [0.25, 0.3) is 0 Å². The molecule has 3 atom stereocenters. The lowest BCUT2D eigenvalue weighted by molar-refractivity contribution is 0.0741. The van der Waals surface area contributed by atoms with Crippen LogP contribution in [0.3, 0.4) is 0 Å². The molecule has 0 radical (unpaired) electrons. The van der Waals surface area contributed by atoms with Crippen molar-refractivity contribution in [2.75, 3.05) is 6.54 Å². The van der Waals surface area contributed by atoms with Crippen LogP contribution in [-0.4, -0.2) is 47.5 Å². The number of benzene rings is 2. The third kappa shape index (κ3) is 4.92. The van der Waals surface area contributed by atoms with E-state index in [1.54, 1.807) is 23.0 Å². The predicted octanol–water partition coefficient (Wildman–Crippen LogP) is 6.80. The Morgan fingerprint density at radius 2 is 1.73 bits per heavy atom. The number of hydrogen-bond donors (Lipinski definition) is 0. The number of halogens is 2. The van der Waals surface area contributed by atoms with Crippen LogP contribution in [0.1, 0.15) is 72.3 Å². The van der Waals surface area contributed by atoms with Crippen LogP contribution in [0.15, 0.2) is 83.5 Å². The van der Waals surface area contributed by atoms with E-state index in [9.17, 15) is 17.8 Å². The third-order valence-electron chi connectivity index (χ3n) is 9.49. The third-order valence-corrected chi connectivity index (χ3v) is 11.8. The molecular weight excluding hydrogens is 578 g/mol. The van der Waals surface area contributed by atoms with Crippen LogP contribution >= 0.6 is 0 Å². The standard InChI is InChI=1S/C35H34F2N4O2S/c1-3-40(44(2,43)31-15-10-28(37)11-16-31)30-12-7-26-18-33-25(22-39-41(33)29-13-8-27(36)9-14-29)19-35(26,20-30)34(42)32-17-6-24(21-38-32)23-4-5-23/h6,8-11,13-18,21-23,30H,2-5,7,12,19-20H2,1H3/t30-,35-,44?/m0/s1. The minimum absolute atomic E-state index is 0.0515. The highest BCUT2D eigenvalue weighted by molar-refractivity contribution is 7.98. The predicted molar refractivity (Wildman–Crippen MR) is 168 cm³/mol. The van der Waals surface area contributed by atoms with Crippen LogP contribution in [0, 0.1) is 17.0 Å². The quantitative estimate of drug-likeness (QED) is 0.162. The van der Waals surface area contributed by atoms with Crippen LogP contribution in [0.2, 0.25) is 0 Å². The maximum absolute atomic E-state index is 14.7. The van der Waals surface area contributed by atoms with Gasteiger partial charge in [0.05, 0.1) is 32.7 Å². The molecule has 0 saturated heterocycles. The molecule has 2 aromatic carbocycles. The molecule has 2 aromatic heterocycles. The number of fused-ring (bicyclic) bond motifs is 2. The summed E-state index contributed by atoms with van der Waals surface area (Å²) in [5.74, 6) is 3.90. The van der Waals surface area contributed by atoms with Gasteiger partial charge in [0, 0.05) is 23.7 Å². The highest BCUT2D eigenvalue weighted by Crippen LogP contribution is 2.51. The molecule has 0 N–H and O–H groups in total. The normalized spacial score (nSPS) is 22.5. The monoisotopic (exact) mass is 612 g/mol. The van der Waals surface area contributed by atoms with E-state index in [4.69, 9.17) is 0 Å². The molecule has 9 heteroatoms. The van der Waals surface area contributed by atoms with Crippen molar-refractivity contribution in [3.63, 3.8) is 0 Å². The lowest BCUT2D eigenvalue weighted by atomic mass is 9.60. The molecule has 7 rings (SSSR count). The molecular formula is C35H34F2N4O2S. The first-order valence-electron chi connectivity index (χ1n) is 15.1. The van der Waals surface area contributed by atoms with E-state index < -0.39 is 20.9 Å². The van der Waals surface area contributed by atoms with Gasteiger partial charge in [0.2, 0.25) is 0 Å². The summed E-state index contributed by atoms with van der Waals surface area (Å²) < 4.78 is 45.3. The van der Waals surface area contributed by atoms with Crippen molar-refractivity contribution in [3.05, 3.63) is 113 Å². The van der Waals surface area contributed by atoms with Crippen molar-refractivity contribution in [1.29, 1.82) is 0 Å². The van der Waals surface area contributed by atoms with Crippen LogP contribution in [-0.2, 0) is 16.1 Å². The minimum Gasteiger partial charge on any atom is -0.291 e. The Morgan fingerprint density at radius 3 is 2.36 bits per heavy atom. The first-order chi connectivity index (χ1) is 21.2. The van der Waals surface area contributed by atoms with E-state index in [0.29, 0.717) is 48.7 Å². The Bertz CT molecular complexity index is 1860. The van der Waals surface area contributed by atoms with Crippen LogP contribution in [0.25, 0.3) is 11.8 Å². The second-order valence-electron chi connectivity index (χ2n) is 12.2. The molecule has 4 aromatic rings. The lowest BCUT2D eigenvalue weighted by Crippen LogP contribution is -2.50. The van der Waals surface area contributed by atoms with E-state index in [2.05, 4.69) is 22.0 Å². The van der Waals surface area contributed by atoms with Gasteiger partial charge in [-0.1, -0.05) is 18.6 Å². The highest BCUT2D eigenvalue weighted by atomic mass is 32.2. The van der Waals surface area contributed by atoms with Crippen LogP contribution < -0.4 is 0 Å². The largest absolute Gasteiger partial charge is 0.291 e. The van der Waals surface area contributed by atoms with Crippen molar-refractivity contribution >= 4 is 27.4 Å². The fourth-order valence-corrected chi connectivity index (χ4v) is 8.96. The summed E-state index contributed by atoms with van der Waals surface area (Å²) >= 11 is 0. The molecule has 3 aliphatic rings. The van der Waals surface area contributed by atoms with Gasteiger partial charge in [0.1, 0.15) is 17.3 Å². The maximum atomic E-state index is 14.7. The van der Waals surface area contributed by atoms with E-state index in [1.165, 1.54) is 36.4 Å². The Balaban J connectivity index is 1.29. The zero-order valence-electron chi connectivity index (χ0n) is 24.6. The number of ketones is 1. The molecule has 0 bridgehead atoms. The molecule has 2 saturated carbocycles. The second kappa shape index (κ2) is 10.9. The second-order valence-corrected chi connectivity index (χ2v) is 14.4. The zero-order chi connectivity index (χ0) is 30.6. The fraction of sp³-hybridized carbons (Fsp3) is 0.314. The Hall–Kier alpha value is -3.95. The minimum atomic E-state index is -2.95. The van der Waals surface area contributed by atoms with Crippen molar-refractivity contribution in [2.24, 2.45) is 5.41 Å². The number of carbonyl (C=O) groups excluding carboxylic acids is 1. The average Bonchev–Trinajstić information content (AvgIpc) is 3.81. The van der Waals surface area contributed by atoms with Gasteiger partial charge in [-0.05, 0) is 122 Å². The van der Waals surface area contributed by atoms with Gasteiger partial charge in [-0.3, -0.25) is 9.78 Å². The first kappa shape index (κ1) is 28.8. The van der Waals surface area contributed by atoms with Crippen molar-refractivity contribution in [2.45, 2.75) is 62.3 Å². The number of nitrogens with zero attached hydrogens (tertiary/aromatic N) is 4. The fourth-order valence-electron chi connectivity index (χ4n) is 7.05. The smallest absolute Gasteiger partial charge is 0.191 e. The number of rotatable bonds is 8. The summed E-state index contributed by atoms with van der Waals surface area (Å²) in [4.78, 5) is 19.8. The molecule has 2 heterocycles. The number of hydrogen-bond acceptors (Lipinski definition) is 4. The molecule has 0 spiro atoms. The maximum Gasteiger partial charge on any atom is 0.191 e. The number of aromatic nitrogens is 3. The summed E-state index contributed by atoms with van der Waals surface area (Å²) in [6.45, 7) is 2.40. The summed E-state index contributed by atoms with van der Waals surface area (Å²) in [5.41, 5.74) is 4.21. The van der Waals surface area contributed by atoms with Gasteiger partial charge in [-0.15, -0.1) is 0 Å². The van der Waals surface area contributed by atoms with Gasteiger partial charge < -0.3 is 0 Å². The Kier molecular flexibility index (Phi) is 7.13. The number of allylic oxidation sites excluding steroid dienone is 1. The summed E-state index contributed by atoms with van der Waals surface area (Å²) in [7, 11) is -2.95. The summed E-state index contributed by atoms with van der Waals surface area (Å²) in [6.07, 6.45) is 10.1. The molecule has 226 valence electrons. The molecule has 1 unspecified atom stereocenters. The van der Waals surface area contributed by atoms with Crippen molar-refractivity contribution in [1.82, 2.24) is 19.1 Å². The van der Waals surface area contributed by atoms with Gasteiger partial charge in [-0.25, -0.2) is 22.0 Å². The first-order valence-corrected chi connectivity index (χ1v) is 16.8. The molecule has 0 aliphatic heterocycles. The highest BCUT2D eigenvalue weighted by Gasteiger charge is 2.51. The molecule has 44 heavy (non-hydrogen) atoms. The summed E-state index contributed by atoms with van der Waals surface area (Å²) in [6, 6.07) is 15.5. The van der Waals surface area contributed by atoms with E-state index in [0.717, 1.165) is 40.9 Å². The number of Topliss-reactive ketones (excluding diaryl/α,β-unsaturated/α-hetero) is 1. The van der Waals surface area contributed by atoms with Gasteiger partial charge in [0.15, 0.2) is 5.78 Å². The Morgan fingerprint density at radius 1 is 1.02 bits per heavy atom. The van der Waals surface area contributed by atoms with Gasteiger partial charge >= 0.3 is 0 Å². The zero-order valence-corrected chi connectivity index (χ0v) is 25.4. The number of carbonyl (C=O) groups is 1. The van der Waals surface area contributed by atoms with Crippen LogP contribution in [0.5, 0.6) is 0 Å². The van der Waals surface area contributed by atoms with E-state index in [-0.39, 0.29) is 17.6 Å². The lowest BCUT2D eigenvalue weighted by Gasteiger charge is -2.47. The summed E-state index contributed by atoms with van der Waals surface area (Å²) in [5, 5.41) is 4.64. The Labute approximate surface area is 256 Å². The SMILES string of the molecule is C=S(=O)(c1ccc(F)cc1)N(CC)[C@H]1CCC2=Cc3c(cnn3-c3ccc(F)cc3)C[C@]2(C(=O)c2ccc(C3CC3)cn2)C1. The molecule has 2 fully saturated rings. The van der Waals surface area contributed by atoms with E-state index >= 15 is 0 Å². The average molecular weight is 613 g/mol.